The van der Waals surface area contributed by atoms with Gasteiger partial charge in [0.1, 0.15) is 18.1 Å². The molecule has 1 amide bonds. The Morgan fingerprint density at radius 1 is 1.05 bits per heavy atom. The number of amides is 1. The van der Waals surface area contributed by atoms with Gasteiger partial charge in [0.05, 0.1) is 11.6 Å². The molecule has 2 aromatic carbocycles. The summed E-state index contributed by atoms with van der Waals surface area (Å²) in [6.45, 7) is 9.75. The highest BCUT2D eigenvalue weighted by atomic mass is 16.7. The quantitative estimate of drug-likeness (QED) is 0.411. The predicted molar refractivity (Wildman–Crippen MR) is 145 cm³/mol. The highest BCUT2D eigenvalue weighted by Crippen LogP contribution is 2.33. The van der Waals surface area contributed by atoms with Crippen LogP contribution in [-0.4, -0.2) is 72.6 Å². The Labute approximate surface area is 223 Å². The highest BCUT2D eigenvalue weighted by Gasteiger charge is 2.28. The summed E-state index contributed by atoms with van der Waals surface area (Å²) in [6.07, 6.45) is 5.12. The molecular weight excluding hydrogens is 482 g/mol. The van der Waals surface area contributed by atoms with E-state index in [1.807, 2.05) is 29.2 Å². The topological polar surface area (TPSA) is 65.4 Å². The molecule has 0 spiro atoms. The van der Waals surface area contributed by atoms with Crippen molar-refractivity contribution in [1.29, 1.82) is 0 Å². The molecule has 3 aliphatic heterocycles. The van der Waals surface area contributed by atoms with Crippen molar-refractivity contribution < 1.29 is 23.7 Å². The number of carbonyl (C=O) groups excluding carboxylic acids is 1. The number of fused-ring (bicyclic) bond motifs is 2. The Morgan fingerprint density at radius 2 is 1.92 bits per heavy atom. The summed E-state index contributed by atoms with van der Waals surface area (Å²) in [5.74, 6) is 2.45. The summed E-state index contributed by atoms with van der Waals surface area (Å²) in [5, 5.41) is 0.954. The van der Waals surface area contributed by atoms with Gasteiger partial charge in [0.2, 0.25) is 6.79 Å². The molecule has 0 N–H and O–H groups in total. The average Bonchev–Trinajstić information content (AvgIpc) is 3.57. The zero-order valence-electron chi connectivity index (χ0n) is 21.8. The summed E-state index contributed by atoms with van der Waals surface area (Å²) in [4.78, 5) is 18.3. The Hall–Kier alpha value is -3.49. The molecule has 0 aliphatic carbocycles. The summed E-state index contributed by atoms with van der Waals surface area (Å²) >= 11 is 0. The first-order chi connectivity index (χ1) is 18.7. The smallest absolute Gasteiger partial charge is 0.270 e. The molecule has 4 heterocycles. The maximum atomic E-state index is 13.9. The SMILES string of the molecule is C=CCOc1cccc2c1cc(C(=O)N1CCN(Cc3ccc4c(c3)OCO4)CC1)n2C[C@@H]1CCCCO1. The standard InChI is InChI=1S/C30H35N3O5/c1-2-15-36-27-8-5-7-25-24(27)18-26(33(25)20-23-6-3-4-16-35-23)30(34)32-13-11-31(12-14-32)19-22-9-10-28-29(17-22)38-21-37-28/h2,5,7-10,17-18,23H,1,3-4,6,11-16,19-21H2/t23-/m0/s1. The molecule has 1 aromatic heterocycles. The lowest BCUT2D eigenvalue weighted by molar-refractivity contribution is 0.00610. The fourth-order valence-corrected chi connectivity index (χ4v) is 5.63. The molecular formula is C30H35N3O5. The lowest BCUT2D eigenvalue weighted by Crippen LogP contribution is -2.48. The van der Waals surface area contributed by atoms with Gasteiger partial charge in [-0.25, -0.2) is 0 Å². The summed E-state index contributed by atoms with van der Waals surface area (Å²) < 4.78 is 25.1. The van der Waals surface area contributed by atoms with Crippen molar-refractivity contribution in [3.05, 3.63) is 66.4 Å². The van der Waals surface area contributed by atoms with E-state index in [4.69, 9.17) is 18.9 Å². The third-order valence-electron chi connectivity index (χ3n) is 7.64. The van der Waals surface area contributed by atoms with E-state index in [1.165, 1.54) is 5.56 Å². The van der Waals surface area contributed by atoms with Crippen molar-refractivity contribution in [3.63, 3.8) is 0 Å². The fourth-order valence-electron chi connectivity index (χ4n) is 5.63. The first-order valence-electron chi connectivity index (χ1n) is 13.6. The molecule has 2 fully saturated rings. The van der Waals surface area contributed by atoms with Crippen LogP contribution in [0.3, 0.4) is 0 Å². The normalized spacial score (nSPS) is 19.6. The Balaban J connectivity index is 1.19. The van der Waals surface area contributed by atoms with Crippen LogP contribution < -0.4 is 14.2 Å². The second-order valence-corrected chi connectivity index (χ2v) is 10.2. The van der Waals surface area contributed by atoms with Gasteiger partial charge in [-0.05, 0) is 55.2 Å². The molecule has 3 aliphatic rings. The lowest BCUT2D eigenvalue weighted by Gasteiger charge is -2.35. The van der Waals surface area contributed by atoms with Gasteiger partial charge >= 0.3 is 0 Å². The number of carbonyl (C=O) groups is 1. The summed E-state index contributed by atoms with van der Waals surface area (Å²) in [6, 6.07) is 14.1. The van der Waals surface area contributed by atoms with Crippen molar-refractivity contribution in [2.45, 2.75) is 38.5 Å². The van der Waals surface area contributed by atoms with Crippen LogP contribution in [0.5, 0.6) is 17.2 Å². The second-order valence-electron chi connectivity index (χ2n) is 10.2. The largest absolute Gasteiger partial charge is 0.489 e. The minimum atomic E-state index is 0.0643. The Morgan fingerprint density at radius 3 is 2.74 bits per heavy atom. The Bertz CT molecular complexity index is 1300. The van der Waals surface area contributed by atoms with Gasteiger partial charge in [0.25, 0.3) is 5.91 Å². The van der Waals surface area contributed by atoms with Gasteiger partial charge in [-0.3, -0.25) is 9.69 Å². The van der Waals surface area contributed by atoms with E-state index in [0.29, 0.717) is 31.9 Å². The number of piperazine rings is 1. The summed E-state index contributed by atoms with van der Waals surface area (Å²) in [5.41, 5.74) is 2.90. The van der Waals surface area contributed by atoms with Crippen molar-refractivity contribution in [1.82, 2.24) is 14.4 Å². The van der Waals surface area contributed by atoms with E-state index in [9.17, 15) is 4.79 Å². The number of hydrogen-bond acceptors (Lipinski definition) is 6. The van der Waals surface area contributed by atoms with Crippen molar-refractivity contribution >= 4 is 16.8 Å². The number of rotatable bonds is 8. The number of hydrogen-bond donors (Lipinski definition) is 0. The fraction of sp³-hybridized carbons (Fsp3) is 0.433. The van der Waals surface area contributed by atoms with E-state index in [2.05, 4.69) is 34.2 Å². The number of aromatic nitrogens is 1. The summed E-state index contributed by atoms with van der Waals surface area (Å²) in [7, 11) is 0. The number of benzene rings is 2. The van der Waals surface area contributed by atoms with E-state index < -0.39 is 0 Å². The number of ether oxygens (including phenoxy) is 4. The van der Waals surface area contributed by atoms with Crippen LogP contribution in [0.15, 0.2) is 55.1 Å². The zero-order chi connectivity index (χ0) is 25.9. The monoisotopic (exact) mass is 517 g/mol. The highest BCUT2D eigenvalue weighted by molar-refractivity contribution is 6.00. The van der Waals surface area contributed by atoms with Crippen LogP contribution in [0.1, 0.15) is 35.3 Å². The van der Waals surface area contributed by atoms with Gasteiger partial charge in [-0.1, -0.05) is 24.8 Å². The molecule has 0 unspecified atom stereocenters. The maximum absolute atomic E-state index is 13.9. The molecule has 1 atom stereocenters. The van der Waals surface area contributed by atoms with Gasteiger partial charge in [-0.2, -0.15) is 0 Å². The maximum Gasteiger partial charge on any atom is 0.270 e. The Kier molecular flexibility index (Phi) is 7.25. The average molecular weight is 518 g/mol. The van der Waals surface area contributed by atoms with E-state index in [0.717, 1.165) is 73.7 Å². The molecule has 6 rings (SSSR count). The van der Waals surface area contributed by atoms with Gasteiger partial charge in [-0.15, -0.1) is 0 Å². The lowest BCUT2D eigenvalue weighted by atomic mass is 10.1. The third kappa shape index (κ3) is 5.11. The third-order valence-corrected chi connectivity index (χ3v) is 7.64. The molecule has 38 heavy (non-hydrogen) atoms. The van der Waals surface area contributed by atoms with Crippen molar-refractivity contribution in [2.24, 2.45) is 0 Å². The van der Waals surface area contributed by atoms with E-state index >= 15 is 0 Å². The zero-order valence-corrected chi connectivity index (χ0v) is 21.8. The van der Waals surface area contributed by atoms with E-state index in [-0.39, 0.29) is 18.8 Å². The van der Waals surface area contributed by atoms with Gasteiger partial charge < -0.3 is 28.4 Å². The first-order valence-corrected chi connectivity index (χ1v) is 13.6. The van der Waals surface area contributed by atoms with Crippen LogP contribution in [0.2, 0.25) is 0 Å². The molecule has 0 saturated carbocycles. The van der Waals surface area contributed by atoms with Crippen LogP contribution >= 0.6 is 0 Å². The molecule has 200 valence electrons. The molecule has 0 bridgehead atoms. The van der Waals surface area contributed by atoms with Gasteiger partial charge in [0, 0.05) is 51.3 Å². The molecule has 8 heteroatoms. The van der Waals surface area contributed by atoms with Gasteiger partial charge in [0.15, 0.2) is 11.5 Å². The minimum Gasteiger partial charge on any atom is -0.489 e. The number of nitrogens with zero attached hydrogens (tertiary/aromatic N) is 3. The molecule has 0 radical (unpaired) electrons. The van der Waals surface area contributed by atoms with E-state index in [1.54, 1.807) is 6.08 Å². The van der Waals surface area contributed by atoms with Crippen molar-refractivity contribution in [3.8, 4) is 17.2 Å². The van der Waals surface area contributed by atoms with Crippen LogP contribution in [0, 0.1) is 0 Å². The molecule has 8 nitrogen and oxygen atoms in total. The first kappa shape index (κ1) is 24.8. The second kappa shape index (κ2) is 11.1. The minimum absolute atomic E-state index is 0.0643. The van der Waals surface area contributed by atoms with Crippen LogP contribution in [0.4, 0.5) is 0 Å². The van der Waals surface area contributed by atoms with Crippen molar-refractivity contribution in [2.75, 3.05) is 46.2 Å². The van der Waals surface area contributed by atoms with Crippen LogP contribution in [0.25, 0.3) is 10.9 Å². The predicted octanol–water partition coefficient (Wildman–Crippen LogP) is 4.46. The molecule has 2 saturated heterocycles. The molecule has 3 aromatic rings. The van der Waals surface area contributed by atoms with Crippen LogP contribution in [-0.2, 0) is 17.8 Å².